The minimum Gasteiger partial charge on any atom is -0.462 e. The Kier molecular flexibility index (Phi) is 15.4. The molecule has 0 aliphatic heterocycles. The first kappa shape index (κ1) is 34.9. The molecule has 0 bridgehead atoms. The van der Waals surface area contributed by atoms with Crippen LogP contribution in [0.3, 0.4) is 0 Å². The Balaban J connectivity index is 1.40. The Labute approximate surface area is 263 Å². The summed E-state index contributed by atoms with van der Waals surface area (Å²) in [5.74, 6) is 1.65. The number of esters is 1. The standard InChI is InChI=1S/C40H59NO2/c1-5-6-7-8-9-10-11-12-27-40(31-41)28-24-37(25-29-40)36-18-16-34(17-19-36)35-20-22-38(23-21-35)39(42)43-30-26-33(4)15-13-14-32(2)3/h16-23,32-33,37H,5-15,24-30H2,1-4H3/t33-,37?,40?/m1/s1. The van der Waals surface area contributed by atoms with Gasteiger partial charge in [0, 0.05) is 0 Å². The highest BCUT2D eigenvalue weighted by molar-refractivity contribution is 5.90. The highest BCUT2D eigenvalue weighted by Gasteiger charge is 2.35. The van der Waals surface area contributed by atoms with Gasteiger partial charge in [0.2, 0.25) is 0 Å². The fourth-order valence-electron chi connectivity index (χ4n) is 6.72. The number of carbonyl (C=O) groups excluding carboxylic acids is 1. The van der Waals surface area contributed by atoms with E-state index in [1.54, 1.807) is 0 Å². The van der Waals surface area contributed by atoms with E-state index in [9.17, 15) is 10.1 Å². The number of benzene rings is 2. The van der Waals surface area contributed by atoms with Gasteiger partial charge in [-0.15, -0.1) is 0 Å². The van der Waals surface area contributed by atoms with Crippen LogP contribution in [0.1, 0.15) is 159 Å². The summed E-state index contributed by atoms with van der Waals surface area (Å²) in [5, 5.41) is 10.0. The van der Waals surface area contributed by atoms with Crippen LogP contribution in [0.25, 0.3) is 11.1 Å². The third-order valence-corrected chi connectivity index (χ3v) is 9.85. The molecule has 0 aromatic heterocycles. The van der Waals surface area contributed by atoms with E-state index in [1.807, 2.05) is 24.3 Å². The molecule has 43 heavy (non-hydrogen) atoms. The van der Waals surface area contributed by atoms with Crippen LogP contribution in [-0.4, -0.2) is 12.6 Å². The molecule has 1 atom stereocenters. The smallest absolute Gasteiger partial charge is 0.338 e. The lowest BCUT2D eigenvalue weighted by atomic mass is 9.67. The third kappa shape index (κ3) is 12.1. The third-order valence-electron chi connectivity index (χ3n) is 9.85. The number of rotatable bonds is 19. The fraction of sp³-hybridized carbons (Fsp3) is 0.650. The maximum atomic E-state index is 12.6. The fourth-order valence-corrected chi connectivity index (χ4v) is 6.72. The first-order valence-corrected chi connectivity index (χ1v) is 17.6. The van der Waals surface area contributed by atoms with Crippen LogP contribution in [0, 0.1) is 28.6 Å². The Morgan fingerprint density at radius 2 is 1.40 bits per heavy atom. The molecule has 0 radical (unpaired) electrons. The second-order valence-corrected chi connectivity index (χ2v) is 13.9. The lowest BCUT2D eigenvalue weighted by molar-refractivity contribution is 0.0483. The van der Waals surface area contributed by atoms with E-state index >= 15 is 0 Å². The van der Waals surface area contributed by atoms with Gasteiger partial charge in [-0.3, -0.25) is 0 Å². The molecule has 0 heterocycles. The van der Waals surface area contributed by atoms with E-state index in [0.717, 1.165) is 55.6 Å². The van der Waals surface area contributed by atoms with Gasteiger partial charge in [-0.05, 0) is 85.1 Å². The zero-order valence-electron chi connectivity index (χ0n) is 27.8. The van der Waals surface area contributed by atoms with Crippen LogP contribution in [0.15, 0.2) is 48.5 Å². The van der Waals surface area contributed by atoms with E-state index < -0.39 is 0 Å². The molecule has 0 N–H and O–H groups in total. The first-order valence-electron chi connectivity index (χ1n) is 17.6. The molecule has 1 aliphatic rings. The molecule has 2 aromatic rings. The van der Waals surface area contributed by atoms with Crippen molar-refractivity contribution in [1.82, 2.24) is 0 Å². The first-order chi connectivity index (χ1) is 20.9. The summed E-state index contributed by atoms with van der Waals surface area (Å²) in [6.45, 7) is 9.54. The summed E-state index contributed by atoms with van der Waals surface area (Å²) < 4.78 is 5.57. The Hall–Kier alpha value is -2.60. The zero-order valence-corrected chi connectivity index (χ0v) is 27.8. The Morgan fingerprint density at radius 1 is 0.814 bits per heavy atom. The largest absolute Gasteiger partial charge is 0.462 e. The topological polar surface area (TPSA) is 50.1 Å². The monoisotopic (exact) mass is 585 g/mol. The van der Waals surface area contributed by atoms with Gasteiger partial charge in [0.1, 0.15) is 0 Å². The van der Waals surface area contributed by atoms with E-state index in [4.69, 9.17) is 4.74 Å². The second kappa shape index (κ2) is 18.9. The quantitative estimate of drug-likeness (QED) is 0.122. The SMILES string of the molecule is CCCCCCCCCCC1(C#N)CCC(c2ccc(-c3ccc(C(=O)OCC[C@H](C)CCCC(C)C)cc3)cc2)CC1. The molecule has 3 rings (SSSR count). The number of ether oxygens (including phenoxy) is 1. The molecule has 0 spiro atoms. The summed E-state index contributed by atoms with van der Waals surface area (Å²) >= 11 is 0. The molecule has 3 nitrogen and oxygen atoms in total. The number of carbonyl (C=O) groups is 1. The second-order valence-electron chi connectivity index (χ2n) is 13.9. The Morgan fingerprint density at radius 3 is 1.98 bits per heavy atom. The minimum absolute atomic E-state index is 0.104. The summed E-state index contributed by atoms with van der Waals surface area (Å²) in [4.78, 5) is 12.6. The van der Waals surface area contributed by atoms with Crippen LogP contribution in [-0.2, 0) is 4.74 Å². The van der Waals surface area contributed by atoms with Crippen molar-refractivity contribution in [2.24, 2.45) is 17.3 Å². The zero-order chi connectivity index (χ0) is 30.9. The Bertz CT molecular complexity index is 1090. The molecular formula is C40H59NO2. The average molecular weight is 586 g/mol. The predicted octanol–water partition coefficient (Wildman–Crippen LogP) is 12.1. The van der Waals surface area contributed by atoms with Gasteiger partial charge in [-0.25, -0.2) is 4.79 Å². The average Bonchev–Trinajstić information content (AvgIpc) is 3.02. The van der Waals surface area contributed by atoms with Crippen LogP contribution >= 0.6 is 0 Å². The molecule has 0 amide bonds. The maximum Gasteiger partial charge on any atom is 0.338 e. The van der Waals surface area contributed by atoms with Crippen LogP contribution in [0.5, 0.6) is 0 Å². The van der Waals surface area contributed by atoms with Crippen molar-refractivity contribution in [2.45, 2.75) is 143 Å². The van der Waals surface area contributed by atoms with Crippen molar-refractivity contribution in [3.63, 3.8) is 0 Å². The van der Waals surface area contributed by atoms with Crippen molar-refractivity contribution >= 4 is 5.97 Å². The van der Waals surface area contributed by atoms with Crippen molar-refractivity contribution in [1.29, 1.82) is 5.26 Å². The van der Waals surface area contributed by atoms with Crippen LogP contribution < -0.4 is 0 Å². The normalized spacial score (nSPS) is 19.2. The number of unbranched alkanes of at least 4 members (excludes halogenated alkanes) is 7. The molecule has 0 unspecified atom stereocenters. The van der Waals surface area contributed by atoms with Gasteiger partial charge in [0.15, 0.2) is 0 Å². The summed E-state index contributed by atoms with van der Waals surface area (Å²) in [6.07, 6.45) is 20.6. The molecule has 1 saturated carbocycles. The van der Waals surface area contributed by atoms with Crippen molar-refractivity contribution in [3.8, 4) is 17.2 Å². The lowest BCUT2D eigenvalue weighted by Crippen LogP contribution is -2.25. The summed E-state index contributed by atoms with van der Waals surface area (Å²) in [7, 11) is 0. The number of nitriles is 1. The predicted molar refractivity (Wildman–Crippen MR) is 181 cm³/mol. The van der Waals surface area contributed by atoms with Crippen molar-refractivity contribution < 1.29 is 9.53 Å². The molecule has 1 fully saturated rings. The van der Waals surface area contributed by atoms with Gasteiger partial charge in [0.25, 0.3) is 0 Å². The molecule has 3 heteroatoms. The van der Waals surface area contributed by atoms with Gasteiger partial charge in [0.05, 0.1) is 23.7 Å². The molecule has 2 aromatic carbocycles. The molecule has 0 saturated heterocycles. The van der Waals surface area contributed by atoms with E-state index in [1.165, 1.54) is 76.2 Å². The molecule has 1 aliphatic carbocycles. The number of nitrogens with zero attached hydrogens (tertiary/aromatic N) is 1. The summed E-state index contributed by atoms with van der Waals surface area (Å²) in [6, 6.07) is 19.5. The van der Waals surface area contributed by atoms with E-state index in [2.05, 4.69) is 58.0 Å². The minimum atomic E-state index is -0.232. The summed E-state index contributed by atoms with van der Waals surface area (Å²) in [5.41, 5.74) is 4.17. The maximum absolute atomic E-state index is 12.6. The van der Waals surface area contributed by atoms with E-state index in [0.29, 0.717) is 24.0 Å². The van der Waals surface area contributed by atoms with Gasteiger partial charge in [-0.1, -0.05) is 135 Å². The highest BCUT2D eigenvalue weighted by Crippen LogP contribution is 2.46. The highest BCUT2D eigenvalue weighted by atomic mass is 16.5. The molecule has 236 valence electrons. The van der Waals surface area contributed by atoms with Crippen molar-refractivity contribution in [2.75, 3.05) is 6.61 Å². The molecular weight excluding hydrogens is 526 g/mol. The van der Waals surface area contributed by atoms with Gasteiger partial charge < -0.3 is 4.74 Å². The van der Waals surface area contributed by atoms with Crippen molar-refractivity contribution in [3.05, 3.63) is 59.7 Å². The van der Waals surface area contributed by atoms with Gasteiger partial charge in [-0.2, -0.15) is 5.26 Å². The van der Waals surface area contributed by atoms with Crippen LogP contribution in [0.4, 0.5) is 0 Å². The van der Waals surface area contributed by atoms with Crippen LogP contribution in [0.2, 0.25) is 0 Å². The lowest BCUT2D eigenvalue weighted by Gasteiger charge is -2.35. The van der Waals surface area contributed by atoms with Gasteiger partial charge >= 0.3 is 5.97 Å². The number of hydrogen-bond donors (Lipinski definition) is 0. The number of hydrogen-bond acceptors (Lipinski definition) is 3. The van der Waals surface area contributed by atoms with E-state index in [-0.39, 0.29) is 11.4 Å².